The number of rotatable bonds is 5. The lowest BCUT2D eigenvalue weighted by Gasteiger charge is -2.62. The van der Waals surface area contributed by atoms with Crippen molar-refractivity contribution >= 4 is 23.4 Å². The number of carbonyl (C=O) groups excluding carboxylic acids is 2. The van der Waals surface area contributed by atoms with E-state index in [0.717, 1.165) is 37.5 Å². The van der Waals surface area contributed by atoms with Gasteiger partial charge in [0.25, 0.3) is 5.91 Å². The molecule has 2 aliphatic rings. The number of amides is 2. The van der Waals surface area contributed by atoms with E-state index in [1.54, 1.807) is 18.3 Å². The van der Waals surface area contributed by atoms with Crippen molar-refractivity contribution < 1.29 is 9.59 Å². The van der Waals surface area contributed by atoms with Gasteiger partial charge in [-0.3, -0.25) is 19.5 Å². The number of hydrogen-bond donors (Lipinski definition) is 1. The molecule has 1 unspecified atom stereocenters. The molecule has 0 radical (unpaired) electrons. The van der Waals surface area contributed by atoms with E-state index < -0.39 is 0 Å². The van der Waals surface area contributed by atoms with Crippen molar-refractivity contribution in [1.82, 2.24) is 20.1 Å². The number of aromatic nitrogens is 1. The number of carbonyl (C=O) groups is 2. The second kappa shape index (κ2) is 8.97. The van der Waals surface area contributed by atoms with E-state index in [4.69, 9.17) is 11.6 Å². The molecule has 2 saturated heterocycles. The van der Waals surface area contributed by atoms with Crippen LogP contribution in [0.5, 0.6) is 0 Å². The van der Waals surface area contributed by atoms with Crippen LogP contribution in [-0.2, 0) is 4.79 Å². The number of likely N-dealkylation sites (tertiary alicyclic amines) is 2. The predicted molar refractivity (Wildman–Crippen MR) is 121 cm³/mol. The van der Waals surface area contributed by atoms with Crippen molar-refractivity contribution in [2.75, 3.05) is 26.2 Å². The standard InChI is InChI=1S/C24H29ClN4O2/c1-17(2)29-16-24(22(29)18-5-7-20(25)8-6-18)9-12-28(13-10-24)21(30)15-27-23(31)19-4-3-11-26-14-19/h3-8,11,14,17,22H,9-10,12-13,15-16H2,1-2H3,(H,27,31). The van der Waals surface area contributed by atoms with Crippen molar-refractivity contribution in [3.8, 4) is 0 Å². The molecule has 1 spiro atoms. The Bertz CT molecular complexity index is 924. The van der Waals surface area contributed by atoms with Crippen molar-refractivity contribution in [1.29, 1.82) is 0 Å². The van der Waals surface area contributed by atoms with Gasteiger partial charge in [-0.1, -0.05) is 23.7 Å². The van der Waals surface area contributed by atoms with E-state index in [-0.39, 0.29) is 23.8 Å². The Kier molecular flexibility index (Phi) is 6.30. The highest BCUT2D eigenvalue weighted by Gasteiger charge is 2.54. The summed E-state index contributed by atoms with van der Waals surface area (Å²) in [6.07, 6.45) is 5.04. The van der Waals surface area contributed by atoms with Crippen LogP contribution < -0.4 is 5.32 Å². The quantitative estimate of drug-likeness (QED) is 0.772. The first-order chi connectivity index (χ1) is 14.9. The number of hydrogen-bond acceptors (Lipinski definition) is 4. The summed E-state index contributed by atoms with van der Waals surface area (Å²) in [5.41, 5.74) is 1.95. The highest BCUT2D eigenvalue weighted by molar-refractivity contribution is 6.30. The summed E-state index contributed by atoms with van der Waals surface area (Å²) < 4.78 is 0. The lowest BCUT2D eigenvalue weighted by molar-refractivity contribution is -0.147. The zero-order valence-electron chi connectivity index (χ0n) is 18.1. The van der Waals surface area contributed by atoms with Gasteiger partial charge in [-0.2, -0.15) is 0 Å². The van der Waals surface area contributed by atoms with E-state index in [1.165, 1.54) is 11.8 Å². The first-order valence-electron chi connectivity index (χ1n) is 10.9. The number of pyridine rings is 1. The second-order valence-corrected chi connectivity index (χ2v) is 9.32. The van der Waals surface area contributed by atoms with Gasteiger partial charge in [0.05, 0.1) is 12.1 Å². The van der Waals surface area contributed by atoms with Crippen LogP contribution in [0.1, 0.15) is 48.7 Å². The number of halogens is 1. The molecule has 164 valence electrons. The maximum absolute atomic E-state index is 12.7. The Morgan fingerprint density at radius 3 is 2.52 bits per heavy atom. The highest BCUT2D eigenvalue weighted by atomic mass is 35.5. The summed E-state index contributed by atoms with van der Waals surface area (Å²) in [4.78, 5) is 33.2. The van der Waals surface area contributed by atoms with Gasteiger partial charge in [0.15, 0.2) is 0 Å². The highest BCUT2D eigenvalue weighted by Crippen LogP contribution is 2.55. The van der Waals surface area contributed by atoms with Gasteiger partial charge in [-0.05, 0) is 56.5 Å². The van der Waals surface area contributed by atoms with Crippen molar-refractivity contribution in [3.05, 3.63) is 64.9 Å². The fraction of sp³-hybridized carbons (Fsp3) is 0.458. The lowest BCUT2D eigenvalue weighted by atomic mass is 9.62. The van der Waals surface area contributed by atoms with Crippen LogP contribution in [0, 0.1) is 5.41 Å². The van der Waals surface area contributed by atoms with E-state index >= 15 is 0 Å². The van der Waals surface area contributed by atoms with Crippen LogP contribution in [0.25, 0.3) is 0 Å². The third kappa shape index (κ3) is 4.46. The lowest BCUT2D eigenvalue weighted by Crippen LogP contribution is -2.64. The molecule has 6 nitrogen and oxygen atoms in total. The molecule has 1 aromatic heterocycles. The fourth-order valence-electron chi connectivity index (χ4n) is 4.95. The van der Waals surface area contributed by atoms with Gasteiger partial charge in [-0.15, -0.1) is 0 Å². The number of piperidine rings is 1. The molecule has 31 heavy (non-hydrogen) atoms. The van der Waals surface area contributed by atoms with Crippen molar-refractivity contribution in [3.63, 3.8) is 0 Å². The minimum atomic E-state index is -0.274. The van der Waals surface area contributed by atoms with Gasteiger partial charge >= 0.3 is 0 Å². The van der Waals surface area contributed by atoms with Crippen LogP contribution in [0.3, 0.4) is 0 Å². The van der Waals surface area contributed by atoms with E-state index in [1.807, 2.05) is 17.0 Å². The average Bonchev–Trinajstić information content (AvgIpc) is 2.78. The van der Waals surface area contributed by atoms with Gasteiger partial charge in [0.1, 0.15) is 0 Å². The minimum Gasteiger partial charge on any atom is -0.343 e. The zero-order chi connectivity index (χ0) is 22.0. The number of benzene rings is 1. The van der Waals surface area contributed by atoms with Gasteiger partial charge in [-0.25, -0.2) is 0 Å². The molecule has 4 rings (SSSR count). The molecule has 0 aliphatic carbocycles. The molecule has 1 aromatic carbocycles. The summed E-state index contributed by atoms with van der Waals surface area (Å²) in [6.45, 7) is 6.98. The smallest absolute Gasteiger partial charge is 0.253 e. The number of nitrogens with one attached hydrogen (secondary N) is 1. The van der Waals surface area contributed by atoms with Gasteiger partial charge < -0.3 is 10.2 Å². The molecule has 1 atom stereocenters. The van der Waals surface area contributed by atoms with E-state index in [9.17, 15) is 9.59 Å². The van der Waals surface area contributed by atoms with E-state index in [0.29, 0.717) is 17.6 Å². The summed E-state index contributed by atoms with van der Waals surface area (Å²) in [6, 6.07) is 12.4. The third-order valence-electron chi connectivity index (χ3n) is 6.69. The summed E-state index contributed by atoms with van der Waals surface area (Å²) in [7, 11) is 0. The first kappa shape index (κ1) is 21.8. The largest absolute Gasteiger partial charge is 0.343 e. The molecule has 0 bridgehead atoms. The molecule has 1 N–H and O–H groups in total. The topological polar surface area (TPSA) is 65.5 Å². The summed E-state index contributed by atoms with van der Waals surface area (Å²) in [5.74, 6) is -0.306. The molecule has 2 aliphatic heterocycles. The van der Waals surface area contributed by atoms with Crippen LogP contribution in [-0.4, -0.2) is 58.8 Å². The molecule has 7 heteroatoms. The molecule has 2 amide bonds. The van der Waals surface area contributed by atoms with Crippen molar-refractivity contribution in [2.24, 2.45) is 5.41 Å². The van der Waals surface area contributed by atoms with Gasteiger partial charge in [0, 0.05) is 54.5 Å². The molecular weight excluding hydrogens is 412 g/mol. The fourth-order valence-corrected chi connectivity index (χ4v) is 5.08. The van der Waals surface area contributed by atoms with E-state index in [2.05, 4.69) is 41.2 Å². The Labute approximate surface area is 188 Å². The Hall–Kier alpha value is -2.44. The summed E-state index contributed by atoms with van der Waals surface area (Å²) in [5, 5.41) is 3.47. The predicted octanol–water partition coefficient (Wildman–Crippen LogP) is 3.54. The molecule has 3 heterocycles. The molecule has 0 saturated carbocycles. The monoisotopic (exact) mass is 440 g/mol. The maximum Gasteiger partial charge on any atom is 0.253 e. The molecular formula is C24H29ClN4O2. The minimum absolute atomic E-state index is 0.0134. The Balaban J connectivity index is 1.36. The van der Waals surface area contributed by atoms with Crippen LogP contribution in [0.4, 0.5) is 0 Å². The zero-order valence-corrected chi connectivity index (χ0v) is 18.8. The number of nitrogens with zero attached hydrogens (tertiary/aromatic N) is 3. The maximum atomic E-state index is 12.7. The Morgan fingerprint density at radius 2 is 1.90 bits per heavy atom. The normalized spacial score (nSPS) is 20.5. The molecule has 2 fully saturated rings. The average molecular weight is 441 g/mol. The van der Waals surface area contributed by atoms with Crippen LogP contribution in [0.15, 0.2) is 48.8 Å². The SMILES string of the molecule is CC(C)N1CC2(CCN(C(=O)CNC(=O)c3cccnc3)CC2)C1c1ccc(Cl)cc1. The molecule has 2 aromatic rings. The summed E-state index contributed by atoms with van der Waals surface area (Å²) >= 11 is 6.11. The van der Waals surface area contributed by atoms with Crippen LogP contribution in [0.2, 0.25) is 5.02 Å². The second-order valence-electron chi connectivity index (χ2n) is 8.89. The Morgan fingerprint density at radius 1 is 1.19 bits per heavy atom. The third-order valence-corrected chi connectivity index (χ3v) is 6.95. The van der Waals surface area contributed by atoms with Gasteiger partial charge in [0.2, 0.25) is 5.91 Å². The van der Waals surface area contributed by atoms with Crippen LogP contribution >= 0.6 is 11.6 Å². The van der Waals surface area contributed by atoms with Crippen molar-refractivity contribution in [2.45, 2.75) is 38.8 Å². The first-order valence-corrected chi connectivity index (χ1v) is 11.2.